The van der Waals surface area contributed by atoms with Gasteiger partial charge in [-0.15, -0.1) is 0 Å². The van der Waals surface area contributed by atoms with E-state index in [1.807, 2.05) is 42.5 Å². The molecular weight excluding hydrogens is 528 g/mol. The maximum atomic E-state index is 12.6. The zero-order valence-electron chi connectivity index (χ0n) is 22.1. The van der Waals surface area contributed by atoms with Crippen molar-refractivity contribution in [1.29, 1.82) is 0 Å². The van der Waals surface area contributed by atoms with Gasteiger partial charge in [0.15, 0.2) is 0 Å². The summed E-state index contributed by atoms with van der Waals surface area (Å²) >= 11 is 6.65. The smallest absolute Gasteiger partial charge is 0.338 e. The molecule has 202 valence electrons. The maximum absolute atomic E-state index is 12.6. The Hall–Kier alpha value is -4.62. The molecule has 40 heavy (non-hydrogen) atoms. The number of aromatic nitrogens is 2. The summed E-state index contributed by atoms with van der Waals surface area (Å²) in [5.41, 5.74) is 6.17. The fourth-order valence-electron chi connectivity index (χ4n) is 4.40. The molecule has 0 unspecified atom stereocenters. The van der Waals surface area contributed by atoms with Crippen molar-refractivity contribution in [3.8, 4) is 34.0 Å². The Balaban J connectivity index is 1.40. The predicted molar refractivity (Wildman–Crippen MR) is 155 cm³/mol. The summed E-state index contributed by atoms with van der Waals surface area (Å²) in [5.74, 6) is -0.620. The molecule has 0 saturated carbocycles. The van der Waals surface area contributed by atoms with Crippen LogP contribution < -0.4 is 4.74 Å². The van der Waals surface area contributed by atoms with Gasteiger partial charge < -0.3 is 19.2 Å². The van der Waals surface area contributed by atoms with Crippen molar-refractivity contribution >= 4 is 34.6 Å². The number of nitrogens with zero attached hydrogens (tertiary/aromatic N) is 1. The van der Waals surface area contributed by atoms with E-state index in [-0.39, 0.29) is 31.2 Å². The molecule has 0 spiro atoms. The van der Waals surface area contributed by atoms with Gasteiger partial charge in [0.05, 0.1) is 41.3 Å². The van der Waals surface area contributed by atoms with Gasteiger partial charge in [-0.25, -0.2) is 4.79 Å². The third-order valence-electron chi connectivity index (χ3n) is 6.28. The van der Waals surface area contributed by atoms with Gasteiger partial charge in [0.25, 0.3) is 6.01 Å². The number of esters is 2. The predicted octanol–water partition coefficient (Wildman–Crippen LogP) is 7.62. The molecule has 0 saturated heterocycles. The SMILES string of the molecule is CCOC(=O)Cc1ccc(Oc2nc3cc(-c4ccc(-c5ccccc5)cc4)c(Cl)cc3[nH]2)cc1C(=O)OCC. The van der Waals surface area contributed by atoms with Gasteiger partial charge in [-0.1, -0.05) is 72.3 Å². The van der Waals surface area contributed by atoms with Crippen LogP contribution in [0.3, 0.4) is 0 Å². The van der Waals surface area contributed by atoms with Crippen molar-refractivity contribution in [1.82, 2.24) is 9.97 Å². The summed E-state index contributed by atoms with van der Waals surface area (Å²) in [6.07, 6.45) is -0.0551. The van der Waals surface area contributed by atoms with Crippen molar-refractivity contribution in [3.63, 3.8) is 0 Å². The molecular formula is C32H27ClN2O5. The van der Waals surface area contributed by atoms with E-state index in [0.29, 0.717) is 27.4 Å². The summed E-state index contributed by atoms with van der Waals surface area (Å²) in [6.45, 7) is 3.90. The first-order valence-electron chi connectivity index (χ1n) is 12.9. The number of benzene rings is 4. The minimum absolute atomic E-state index is 0.0551. The van der Waals surface area contributed by atoms with E-state index in [1.165, 1.54) is 6.07 Å². The molecule has 0 fully saturated rings. The second-order valence-electron chi connectivity index (χ2n) is 8.96. The molecule has 0 aliphatic carbocycles. The van der Waals surface area contributed by atoms with Gasteiger partial charge in [0.1, 0.15) is 5.75 Å². The van der Waals surface area contributed by atoms with E-state index in [0.717, 1.165) is 22.3 Å². The molecule has 0 radical (unpaired) electrons. The Morgan fingerprint density at radius 1 is 0.825 bits per heavy atom. The monoisotopic (exact) mass is 554 g/mol. The number of fused-ring (bicyclic) bond motifs is 1. The van der Waals surface area contributed by atoms with Gasteiger partial charge in [-0.2, -0.15) is 4.98 Å². The van der Waals surface area contributed by atoms with Crippen LogP contribution in [0.4, 0.5) is 0 Å². The minimum atomic E-state index is -0.549. The summed E-state index contributed by atoms with van der Waals surface area (Å²) in [7, 11) is 0. The van der Waals surface area contributed by atoms with Crippen LogP contribution in [0.5, 0.6) is 11.8 Å². The Labute approximate surface area is 236 Å². The number of rotatable bonds is 9. The van der Waals surface area contributed by atoms with Gasteiger partial charge in [-0.3, -0.25) is 4.79 Å². The lowest BCUT2D eigenvalue weighted by atomic mass is 10.00. The fourth-order valence-corrected chi connectivity index (χ4v) is 4.67. The number of ether oxygens (including phenoxy) is 3. The molecule has 0 bridgehead atoms. The molecule has 5 rings (SSSR count). The number of aromatic amines is 1. The van der Waals surface area contributed by atoms with Crippen molar-refractivity contribution in [2.75, 3.05) is 13.2 Å². The zero-order chi connectivity index (χ0) is 28.1. The number of hydrogen-bond acceptors (Lipinski definition) is 6. The molecule has 0 atom stereocenters. The number of carbonyl (C=O) groups excluding carboxylic acids is 2. The molecule has 0 aliphatic heterocycles. The van der Waals surface area contributed by atoms with E-state index in [2.05, 4.69) is 34.2 Å². The quantitative estimate of drug-likeness (QED) is 0.188. The van der Waals surface area contributed by atoms with E-state index < -0.39 is 11.9 Å². The van der Waals surface area contributed by atoms with Crippen LogP contribution in [0.2, 0.25) is 5.02 Å². The van der Waals surface area contributed by atoms with E-state index in [9.17, 15) is 9.59 Å². The first-order chi connectivity index (χ1) is 19.4. The van der Waals surface area contributed by atoms with Crippen molar-refractivity contribution in [2.45, 2.75) is 20.3 Å². The summed E-state index contributed by atoms with van der Waals surface area (Å²) in [5, 5.41) is 0.572. The normalized spacial score (nSPS) is 10.9. The largest absolute Gasteiger partial charge is 0.466 e. The summed E-state index contributed by atoms with van der Waals surface area (Å²) < 4.78 is 16.2. The molecule has 0 aliphatic rings. The van der Waals surface area contributed by atoms with Crippen molar-refractivity contribution in [2.24, 2.45) is 0 Å². The molecule has 7 nitrogen and oxygen atoms in total. The zero-order valence-corrected chi connectivity index (χ0v) is 22.8. The molecule has 0 amide bonds. The standard InChI is InChI=1S/C32H27ClN2O5/c1-3-38-30(36)16-23-14-15-24(17-26(23)31(37)39-4-2)40-32-34-28-18-25(27(33)19-29(28)35-32)22-12-10-21(11-13-22)20-8-6-5-7-9-20/h5-15,17-19H,3-4,16H2,1-2H3,(H,34,35). The highest BCUT2D eigenvalue weighted by Crippen LogP contribution is 2.34. The molecule has 5 aromatic rings. The average molecular weight is 555 g/mol. The number of imidazole rings is 1. The second-order valence-corrected chi connectivity index (χ2v) is 9.37. The highest BCUT2D eigenvalue weighted by Gasteiger charge is 2.18. The van der Waals surface area contributed by atoms with Crippen LogP contribution in [0, 0.1) is 0 Å². The second kappa shape index (κ2) is 12.1. The first-order valence-corrected chi connectivity index (χ1v) is 13.3. The minimum Gasteiger partial charge on any atom is -0.466 e. The number of hydrogen-bond donors (Lipinski definition) is 1. The van der Waals surface area contributed by atoms with Crippen molar-refractivity contribution in [3.05, 3.63) is 101 Å². The lowest BCUT2D eigenvalue weighted by Crippen LogP contribution is -2.13. The lowest BCUT2D eigenvalue weighted by molar-refractivity contribution is -0.142. The summed E-state index contributed by atoms with van der Waals surface area (Å²) in [6, 6.07) is 27.2. The van der Waals surface area contributed by atoms with Crippen LogP contribution >= 0.6 is 11.6 Å². The Morgan fingerprint density at radius 3 is 2.25 bits per heavy atom. The average Bonchev–Trinajstić information content (AvgIpc) is 3.35. The van der Waals surface area contributed by atoms with E-state index >= 15 is 0 Å². The molecule has 1 aromatic heterocycles. The van der Waals surface area contributed by atoms with Gasteiger partial charge >= 0.3 is 11.9 Å². The number of halogens is 1. The Morgan fingerprint density at radius 2 is 1.52 bits per heavy atom. The topological polar surface area (TPSA) is 90.5 Å². The van der Waals surface area contributed by atoms with Crippen LogP contribution in [-0.4, -0.2) is 35.1 Å². The fraction of sp³-hybridized carbons (Fsp3) is 0.156. The lowest BCUT2D eigenvalue weighted by Gasteiger charge is -2.11. The van der Waals surface area contributed by atoms with Crippen LogP contribution in [0.25, 0.3) is 33.3 Å². The molecule has 1 heterocycles. The Bertz CT molecular complexity index is 1660. The van der Waals surface area contributed by atoms with Gasteiger partial charge in [-0.05, 0) is 60.4 Å². The van der Waals surface area contributed by atoms with Gasteiger partial charge in [0.2, 0.25) is 0 Å². The highest BCUT2D eigenvalue weighted by atomic mass is 35.5. The number of nitrogens with one attached hydrogen (secondary N) is 1. The number of H-pyrrole nitrogens is 1. The highest BCUT2D eigenvalue weighted by molar-refractivity contribution is 6.34. The summed E-state index contributed by atoms with van der Waals surface area (Å²) in [4.78, 5) is 32.3. The van der Waals surface area contributed by atoms with Crippen LogP contribution in [-0.2, 0) is 20.7 Å². The Kier molecular flexibility index (Phi) is 8.12. The third-order valence-corrected chi connectivity index (χ3v) is 6.60. The van der Waals surface area contributed by atoms with Gasteiger partial charge in [0, 0.05) is 5.56 Å². The number of carbonyl (C=O) groups is 2. The van der Waals surface area contributed by atoms with E-state index in [4.69, 9.17) is 25.8 Å². The van der Waals surface area contributed by atoms with Crippen LogP contribution in [0.15, 0.2) is 84.9 Å². The molecule has 1 N–H and O–H groups in total. The van der Waals surface area contributed by atoms with Crippen molar-refractivity contribution < 1.29 is 23.8 Å². The van der Waals surface area contributed by atoms with Crippen LogP contribution in [0.1, 0.15) is 29.8 Å². The molecule has 4 aromatic carbocycles. The first kappa shape index (κ1) is 27.0. The molecule has 8 heteroatoms. The van der Waals surface area contributed by atoms with E-state index in [1.54, 1.807) is 26.0 Å². The maximum Gasteiger partial charge on any atom is 0.338 e. The third kappa shape index (κ3) is 6.00.